The molecule has 128 valence electrons. The van der Waals surface area contributed by atoms with Crippen molar-refractivity contribution in [3.8, 4) is 0 Å². The van der Waals surface area contributed by atoms with Gasteiger partial charge in [0.25, 0.3) is 5.91 Å². The average molecular weight is 321 g/mol. The molecule has 0 aromatic rings. The van der Waals surface area contributed by atoms with Crippen molar-refractivity contribution in [1.82, 2.24) is 15.1 Å². The highest BCUT2D eigenvalue weighted by Crippen LogP contribution is 2.42. The summed E-state index contributed by atoms with van der Waals surface area (Å²) in [6.45, 7) is 1.64. The normalized spacial score (nSPS) is 29.4. The number of nitrogens with one attached hydrogen (secondary N) is 1. The molecule has 3 fully saturated rings. The summed E-state index contributed by atoms with van der Waals surface area (Å²) in [7, 11) is 1.80. The van der Waals surface area contributed by atoms with Crippen molar-refractivity contribution in [3.05, 3.63) is 0 Å². The van der Waals surface area contributed by atoms with E-state index in [0.717, 1.165) is 43.4 Å². The van der Waals surface area contributed by atoms with Gasteiger partial charge in [-0.3, -0.25) is 14.5 Å². The van der Waals surface area contributed by atoms with Crippen LogP contribution in [0.15, 0.2) is 0 Å². The van der Waals surface area contributed by atoms with Crippen LogP contribution in [0.25, 0.3) is 0 Å². The van der Waals surface area contributed by atoms with Gasteiger partial charge in [0.2, 0.25) is 5.91 Å². The van der Waals surface area contributed by atoms with Crippen LogP contribution in [-0.2, 0) is 9.59 Å². The number of nitrogens with zero attached hydrogens (tertiary/aromatic N) is 2. The Labute approximate surface area is 137 Å². The summed E-state index contributed by atoms with van der Waals surface area (Å²) in [6, 6.07) is -0.187. The first-order valence-corrected chi connectivity index (χ1v) is 8.83. The standard InChI is InChI=1S/C17H27N3O3/c1-17(12-9-10-12)15(22)20(16(23)18-17)11-14(21)19(2)13-7-5-3-4-6-8-13/h12-13H,3-11H2,1-2H3,(H,18,23). The fourth-order valence-electron chi connectivity index (χ4n) is 3.89. The molecule has 4 amide bonds. The van der Waals surface area contributed by atoms with E-state index in [1.165, 1.54) is 12.8 Å². The number of hydrogen-bond donors (Lipinski definition) is 1. The van der Waals surface area contributed by atoms with Crippen LogP contribution < -0.4 is 5.32 Å². The third-order valence-corrected chi connectivity index (χ3v) is 5.75. The summed E-state index contributed by atoms with van der Waals surface area (Å²) < 4.78 is 0. The summed E-state index contributed by atoms with van der Waals surface area (Å²) in [4.78, 5) is 40.1. The van der Waals surface area contributed by atoms with Gasteiger partial charge in [-0.2, -0.15) is 0 Å². The van der Waals surface area contributed by atoms with Crippen molar-refractivity contribution < 1.29 is 14.4 Å². The molecule has 1 atom stereocenters. The van der Waals surface area contributed by atoms with Crippen LogP contribution in [0.1, 0.15) is 58.3 Å². The van der Waals surface area contributed by atoms with Gasteiger partial charge >= 0.3 is 6.03 Å². The van der Waals surface area contributed by atoms with Gasteiger partial charge in [-0.05, 0) is 38.5 Å². The van der Waals surface area contributed by atoms with Gasteiger partial charge in [0.05, 0.1) is 0 Å². The van der Waals surface area contributed by atoms with Gasteiger partial charge in [0, 0.05) is 13.1 Å². The van der Waals surface area contributed by atoms with E-state index in [4.69, 9.17) is 0 Å². The predicted molar refractivity (Wildman–Crippen MR) is 85.6 cm³/mol. The zero-order chi connectivity index (χ0) is 16.6. The number of amides is 4. The molecule has 0 aromatic carbocycles. The molecule has 1 N–H and O–H groups in total. The monoisotopic (exact) mass is 321 g/mol. The number of imide groups is 1. The zero-order valence-electron chi connectivity index (χ0n) is 14.1. The Morgan fingerprint density at radius 3 is 2.35 bits per heavy atom. The molecule has 0 bridgehead atoms. The Morgan fingerprint density at radius 1 is 1.17 bits per heavy atom. The summed E-state index contributed by atoms with van der Waals surface area (Å²) >= 11 is 0. The molecular formula is C17H27N3O3. The number of urea groups is 1. The summed E-state index contributed by atoms with van der Waals surface area (Å²) in [5.41, 5.74) is -0.807. The van der Waals surface area contributed by atoms with Gasteiger partial charge < -0.3 is 10.2 Å². The second-order valence-corrected chi connectivity index (χ2v) is 7.45. The smallest absolute Gasteiger partial charge is 0.325 e. The van der Waals surface area contributed by atoms with Crippen molar-refractivity contribution in [2.24, 2.45) is 5.92 Å². The van der Waals surface area contributed by atoms with Gasteiger partial charge in [-0.1, -0.05) is 25.7 Å². The van der Waals surface area contributed by atoms with Crippen LogP contribution in [-0.4, -0.2) is 52.8 Å². The molecule has 0 aromatic heterocycles. The van der Waals surface area contributed by atoms with Crippen LogP contribution >= 0.6 is 0 Å². The summed E-state index contributed by atoms with van der Waals surface area (Å²) in [5, 5.41) is 2.79. The topological polar surface area (TPSA) is 69.7 Å². The average Bonchev–Trinajstić information content (AvgIpc) is 3.35. The van der Waals surface area contributed by atoms with Crippen molar-refractivity contribution in [2.45, 2.75) is 69.9 Å². The Hall–Kier alpha value is -1.59. The predicted octanol–water partition coefficient (Wildman–Crippen LogP) is 1.89. The van der Waals surface area contributed by atoms with Gasteiger partial charge in [-0.15, -0.1) is 0 Å². The van der Waals surface area contributed by atoms with Gasteiger partial charge in [0.1, 0.15) is 12.1 Å². The summed E-state index contributed by atoms with van der Waals surface area (Å²) in [5.74, 6) is -0.160. The maximum atomic E-state index is 12.6. The molecule has 0 spiro atoms. The van der Waals surface area contributed by atoms with Crippen LogP contribution in [0.3, 0.4) is 0 Å². The van der Waals surface area contributed by atoms with Crippen molar-refractivity contribution in [1.29, 1.82) is 0 Å². The van der Waals surface area contributed by atoms with E-state index in [9.17, 15) is 14.4 Å². The number of hydrogen-bond acceptors (Lipinski definition) is 3. The minimum Gasteiger partial charge on any atom is -0.341 e. The van der Waals surface area contributed by atoms with Crippen LogP contribution in [0.5, 0.6) is 0 Å². The number of likely N-dealkylation sites (N-methyl/N-ethyl adjacent to an activating group) is 1. The Balaban J connectivity index is 1.62. The maximum Gasteiger partial charge on any atom is 0.325 e. The fraction of sp³-hybridized carbons (Fsp3) is 0.824. The lowest BCUT2D eigenvalue weighted by atomic mass is 9.96. The highest BCUT2D eigenvalue weighted by Gasteiger charge is 2.56. The Kier molecular flexibility index (Phi) is 4.34. The van der Waals surface area contributed by atoms with E-state index < -0.39 is 11.6 Å². The third kappa shape index (κ3) is 3.08. The molecule has 2 aliphatic carbocycles. The van der Waals surface area contributed by atoms with Crippen molar-refractivity contribution >= 4 is 17.8 Å². The number of carbonyl (C=O) groups excluding carboxylic acids is 3. The van der Waals surface area contributed by atoms with E-state index in [1.807, 2.05) is 0 Å². The summed E-state index contributed by atoms with van der Waals surface area (Å²) in [6.07, 6.45) is 8.70. The molecule has 6 nitrogen and oxygen atoms in total. The molecule has 3 aliphatic rings. The third-order valence-electron chi connectivity index (χ3n) is 5.75. The Bertz CT molecular complexity index is 509. The minimum absolute atomic E-state index is 0.138. The van der Waals surface area contributed by atoms with Crippen LogP contribution in [0.4, 0.5) is 4.79 Å². The molecule has 1 aliphatic heterocycles. The molecule has 1 heterocycles. The number of carbonyl (C=O) groups is 3. The highest BCUT2D eigenvalue weighted by atomic mass is 16.2. The fourth-order valence-corrected chi connectivity index (χ4v) is 3.89. The molecular weight excluding hydrogens is 294 g/mol. The molecule has 1 unspecified atom stereocenters. The number of rotatable bonds is 4. The van der Waals surface area contributed by atoms with Gasteiger partial charge in [0.15, 0.2) is 0 Å². The van der Waals surface area contributed by atoms with Crippen molar-refractivity contribution in [3.63, 3.8) is 0 Å². The van der Waals surface area contributed by atoms with E-state index >= 15 is 0 Å². The van der Waals surface area contributed by atoms with E-state index in [1.54, 1.807) is 18.9 Å². The lowest BCUT2D eigenvalue weighted by Crippen LogP contribution is -2.48. The zero-order valence-corrected chi connectivity index (χ0v) is 14.1. The minimum atomic E-state index is -0.807. The molecule has 3 rings (SSSR count). The molecule has 2 saturated carbocycles. The first-order valence-electron chi connectivity index (χ1n) is 8.83. The highest BCUT2D eigenvalue weighted by molar-refractivity contribution is 6.09. The molecule has 1 saturated heterocycles. The first kappa shape index (κ1) is 16.3. The van der Waals surface area contributed by atoms with E-state index in [-0.39, 0.29) is 30.3 Å². The largest absolute Gasteiger partial charge is 0.341 e. The van der Waals surface area contributed by atoms with Gasteiger partial charge in [-0.25, -0.2) is 4.79 Å². The first-order chi connectivity index (χ1) is 10.9. The van der Waals surface area contributed by atoms with E-state index in [0.29, 0.717) is 0 Å². The van der Waals surface area contributed by atoms with Crippen LogP contribution in [0.2, 0.25) is 0 Å². The molecule has 0 radical (unpaired) electrons. The molecule has 6 heteroatoms. The van der Waals surface area contributed by atoms with Crippen molar-refractivity contribution in [2.75, 3.05) is 13.6 Å². The second-order valence-electron chi connectivity index (χ2n) is 7.45. The maximum absolute atomic E-state index is 12.6. The lowest BCUT2D eigenvalue weighted by molar-refractivity contribution is -0.139. The SMILES string of the molecule is CN(C(=O)CN1C(=O)NC(C)(C2CC2)C1=O)C1CCCCCC1. The van der Waals surface area contributed by atoms with Crippen LogP contribution in [0, 0.1) is 5.92 Å². The Morgan fingerprint density at radius 2 is 1.78 bits per heavy atom. The second kappa shape index (κ2) is 6.13. The lowest BCUT2D eigenvalue weighted by Gasteiger charge is -2.28. The quantitative estimate of drug-likeness (QED) is 0.635. The van der Waals surface area contributed by atoms with E-state index in [2.05, 4.69) is 5.32 Å². The molecule has 23 heavy (non-hydrogen) atoms.